The van der Waals surface area contributed by atoms with Crippen molar-refractivity contribution >= 4 is 9.84 Å². The summed E-state index contributed by atoms with van der Waals surface area (Å²) in [6.45, 7) is 1.20. The van der Waals surface area contributed by atoms with Crippen LogP contribution in [-0.2, 0) is 9.84 Å². The average molecular weight is 247 g/mol. The monoisotopic (exact) mass is 247 g/mol. The highest BCUT2D eigenvalue weighted by Gasteiger charge is 2.31. The van der Waals surface area contributed by atoms with Crippen LogP contribution in [0.2, 0.25) is 0 Å². The van der Waals surface area contributed by atoms with Gasteiger partial charge in [-0.05, 0) is 12.8 Å². The minimum Gasteiger partial charge on any atom is -0.391 e. The van der Waals surface area contributed by atoms with Crippen molar-refractivity contribution in [1.82, 2.24) is 4.90 Å². The van der Waals surface area contributed by atoms with Crippen molar-refractivity contribution in [2.24, 2.45) is 0 Å². The van der Waals surface area contributed by atoms with E-state index in [-0.39, 0.29) is 23.7 Å². The Morgan fingerprint density at radius 3 is 2.31 bits per heavy atom. The Morgan fingerprint density at radius 1 is 1.00 bits per heavy atom. The van der Waals surface area contributed by atoms with Gasteiger partial charge in [-0.25, -0.2) is 8.42 Å². The topological polar surface area (TPSA) is 57.6 Å². The second-order valence-corrected chi connectivity index (χ2v) is 7.26. The van der Waals surface area contributed by atoms with Gasteiger partial charge in [0.15, 0.2) is 9.84 Å². The van der Waals surface area contributed by atoms with Crippen LogP contribution in [0.1, 0.15) is 32.1 Å². The highest BCUT2D eigenvalue weighted by atomic mass is 32.2. The molecule has 0 amide bonds. The van der Waals surface area contributed by atoms with Crippen LogP contribution >= 0.6 is 0 Å². The molecule has 4 nitrogen and oxygen atoms in total. The molecule has 0 spiro atoms. The van der Waals surface area contributed by atoms with E-state index in [1.165, 1.54) is 6.42 Å². The molecule has 2 atom stereocenters. The molecule has 0 radical (unpaired) electrons. The van der Waals surface area contributed by atoms with E-state index in [1.54, 1.807) is 0 Å². The molecule has 94 valence electrons. The summed E-state index contributed by atoms with van der Waals surface area (Å²) < 4.78 is 22.7. The first-order valence-electron chi connectivity index (χ1n) is 6.21. The van der Waals surface area contributed by atoms with Gasteiger partial charge in [-0.2, -0.15) is 0 Å². The first-order chi connectivity index (χ1) is 7.58. The van der Waals surface area contributed by atoms with Crippen LogP contribution in [0.3, 0.4) is 0 Å². The first kappa shape index (κ1) is 12.3. The molecule has 1 saturated carbocycles. The summed E-state index contributed by atoms with van der Waals surface area (Å²) in [7, 11) is -2.80. The number of aliphatic hydroxyl groups excluding tert-OH is 1. The SMILES string of the molecule is O=S1(=O)CCN(C2CCCCCC2O)CC1. The smallest absolute Gasteiger partial charge is 0.152 e. The molecule has 0 aromatic carbocycles. The fraction of sp³-hybridized carbons (Fsp3) is 1.00. The lowest BCUT2D eigenvalue weighted by atomic mass is 10.0. The van der Waals surface area contributed by atoms with E-state index in [2.05, 4.69) is 4.90 Å². The summed E-state index contributed by atoms with van der Waals surface area (Å²) in [6.07, 6.45) is 5.08. The van der Waals surface area contributed by atoms with E-state index in [0.29, 0.717) is 13.1 Å². The Balaban J connectivity index is 1.96. The maximum atomic E-state index is 11.3. The van der Waals surface area contributed by atoms with Gasteiger partial charge in [0, 0.05) is 19.1 Å². The van der Waals surface area contributed by atoms with Crippen molar-refractivity contribution in [2.45, 2.75) is 44.2 Å². The van der Waals surface area contributed by atoms with Crippen LogP contribution in [0.5, 0.6) is 0 Å². The summed E-state index contributed by atoms with van der Waals surface area (Å²) in [5.74, 6) is 0.520. The van der Waals surface area contributed by atoms with Gasteiger partial charge in [0.05, 0.1) is 17.6 Å². The lowest BCUT2D eigenvalue weighted by Gasteiger charge is -2.36. The molecular formula is C11H21NO3S. The minimum atomic E-state index is -2.80. The predicted molar refractivity (Wildman–Crippen MR) is 63.1 cm³/mol. The summed E-state index contributed by atoms with van der Waals surface area (Å²) in [5, 5.41) is 10.0. The number of hydrogen-bond acceptors (Lipinski definition) is 4. The van der Waals surface area contributed by atoms with Gasteiger partial charge < -0.3 is 5.11 Å². The molecule has 2 aliphatic rings. The molecule has 1 N–H and O–H groups in total. The first-order valence-corrected chi connectivity index (χ1v) is 8.03. The molecule has 0 aromatic rings. The quantitative estimate of drug-likeness (QED) is 0.682. The normalized spacial score (nSPS) is 36.8. The van der Waals surface area contributed by atoms with Crippen molar-refractivity contribution in [3.05, 3.63) is 0 Å². The molecule has 5 heteroatoms. The Labute approximate surface area is 97.6 Å². The van der Waals surface area contributed by atoms with E-state index >= 15 is 0 Å². The Morgan fingerprint density at radius 2 is 1.62 bits per heavy atom. The van der Waals surface area contributed by atoms with Crippen LogP contribution in [-0.4, -0.2) is 55.2 Å². The second-order valence-electron chi connectivity index (χ2n) is 4.96. The van der Waals surface area contributed by atoms with E-state index in [9.17, 15) is 13.5 Å². The Kier molecular flexibility index (Phi) is 3.87. The fourth-order valence-corrected chi connectivity index (χ4v) is 3.98. The molecule has 1 saturated heterocycles. The van der Waals surface area contributed by atoms with Gasteiger partial charge in [0.1, 0.15) is 0 Å². The summed E-state index contributed by atoms with van der Waals surface area (Å²) >= 11 is 0. The third-order valence-corrected chi connectivity index (χ3v) is 5.40. The molecule has 1 heterocycles. The molecule has 1 aliphatic heterocycles. The molecular weight excluding hydrogens is 226 g/mol. The van der Waals surface area contributed by atoms with Gasteiger partial charge in [0.25, 0.3) is 0 Å². The third-order valence-electron chi connectivity index (χ3n) is 3.79. The van der Waals surface area contributed by atoms with E-state index in [4.69, 9.17) is 0 Å². The third kappa shape index (κ3) is 2.96. The average Bonchev–Trinajstić information content (AvgIpc) is 2.44. The van der Waals surface area contributed by atoms with Crippen molar-refractivity contribution in [3.63, 3.8) is 0 Å². The van der Waals surface area contributed by atoms with Crippen LogP contribution < -0.4 is 0 Å². The van der Waals surface area contributed by atoms with Crippen molar-refractivity contribution in [1.29, 1.82) is 0 Å². The van der Waals surface area contributed by atoms with E-state index in [1.807, 2.05) is 0 Å². The Bertz CT molecular complexity index is 314. The molecule has 1 aliphatic carbocycles. The number of aliphatic hydroxyl groups is 1. The lowest BCUT2D eigenvalue weighted by Crippen LogP contribution is -2.50. The fourth-order valence-electron chi connectivity index (χ4n) is 2.75. The van der Waals surface area contributed by atoms with Gasteiger partial charge in [-0.3, -0.25) is 4.90 Å². The number of sulfone groups is 1. The second kappa shape index (κ2) is 5.02. The maximum Gasteiger partial charge on any atom is 0.152 e. The minimum absolute atomic E-state index is 0.193. The zero-order chi connectivity index (χ0) is 11.6. The van der Waals surface area contributed by atoms with Gasteiger partial charge in [-0.1, -0.05) is 19.3 Å². The molecule has 0 aromatic heterocycles. The van der Waals surface area contributed by atoms with Gasteiger partial charge in [0.2, 0.25) is 0 Å². The predicted octanol–water partition coefficient (Wildman–Crippen LogP) is 0.410. The number of nitrogens with zero attached hydrogens (tertiary/aromatic N) is 1. The molecule has 2 unspecified atom stereocenters. The highest BCUT2D eigenvalue weighted by Crippen LogP contribution is 2.23. The maximum absolute atomic E-state index is 11.3. The van der Waals surface area contributed by atoms with Crippen LogP contribution in [0.4, 0.5) is 0 Å². The van der Waals surface area contributed by atoms with Crippen molar-refractivity contribution in [2.75, 3.05) is 24.6 Å². The van der Waals surface area contributed by atoms with Crippen molar-refractivity contribution < 1.29 is 13.5 Å². The van der Waals surface area contributed by atoms with Gasteiger partial charge in [-0.15, -0.1) is 0 Å². The molecule has 2 fully saturated rings. The van der Waals surface area contributed by atoms with Crippen LogP contribution in [0, 0.1) is 0 Å². The Hall–Kier alpha value is -0.130. The molecule has 2 rings (SSSR count). The summed E-state index contributed by atoms with van der Waals surface area (Å²) in [5.41, 5.74) is 0. The summed E-state index contributed by atoms with van der Waals surface area (Å²) in [6, 6.07) is 0.193. The van der Waals surface area contributed by atoms with E-state index in [0.717, 1.165) is 25.7 Å². The number of hydrogen-bond donors (Lipinski definition) is 1. The largest absolute Gasteiger partial charge is 0.391 e. The van der Waals surface area contributed by atoms with E-state index < -0.39 is 9.84 Å². The van der Waals surface area contributed by atoms with Crippen LogP contribution in [0.25, 0.3) is 0 Å². The van der Waals surface area contributed by atoms with Crippen molar-refractivity contribution in [3.8, 4) is 0 Å². The molecule has 0 bridgehead atoms. The molecule has 16 heavy (non-hydrogen) atoms. The zero-order valence-electron chi connectivity index (χ0n) is 9.64. The van der Waals surface area contributed by atoms with Crippen LogP contribution in [0.15, 0.2) is 0 Å². The zero-order valence-corrected chi connectivity index (χ0v) is 10.5. The van der Waals surface area contributed by atoms with Gasteiger partial charge >= 0.3 is 0 Å². The number of rotatable bonds is 1. The highest BCUT2D eigenvalue weighted by molar-refractivity contribution is 7.91. The summed E-state index contributed by atoms with van der Waals surface area (Å²) in [4.78, 5) is 2.18. The standard InChI is InChI=1S/C11H21NO3S/c13-11-5-3-1-2-4-10(11)12-6-8-16(14,15)9-7-12/h10-11,13H,1-9H2. The lowest BCUT2D eigenvalue weighted by molar-refractivity contribution is 0.0486.